The summed E-state index contributed by atoms with van der Waals surface area (Å²) in [6, 6.07) is 12.2. The predicted octanol–water partition coefficient (Wildman–Crippen LogP) is 4.40. The predicted molar refractivity (Wildman–Crippen MR) is 89.7 cm³/mol. The molecular weight excluding hydrogens is 330 g/mol. The SMILES string of the molecule is COc1ccc(C=O)cc1OCc1coc(-c2cccc(Cl)c2)n1. The van der Waals surface area contributed by atoms with Crippen molar-refractivity contribution in [2.75, 3.05) is 7.11 Å². The third kappa shape index (κ3) is 3.58. The van der Waals surface area contributed by atoms with Gasteiger partial charge >= 0.3 is 0 Å². The van der Waals surface area contributed by atoms with E-state index in [9.17, 15) is 4.79 Å². The van der Waals surface area contributed by atoms with Gasteiger partial charge in [-0.05, 0) is 36.4 Å². The van der Waals surface area contributed by atoms with Crippen LogP contribution in [0.4, 0.5) is 0 Å². The molecule has 122 valence electrons. The number of oxazole rings is 1. The molecule has 0 fully saturated rings. The molecule has 0 bridgehead atoms. The summed E-state index contributed by atoms with van der Waals surface area (Å²) >= 11 is 5.97. The van der Waals surface area contributed by atoms with Crippen LogP contribution in [-0.4, -0.2) is 18.4 Å². The second-order valence-corrected chi connectivity index (χ2v) is 5.41. The lowest BCUT2D eigenvalue weighted by Gasteiger charge is -2.09. The first-order valence-electron chi connectivity index (χ1n) is 7.16. The Labute approximate surface area is 143 Å². The number of methoxy groups -OCH3 is 1. The van der Waals surface area contributed by atoms with Gasteiger partial charge in [-0.15, -0.1) is 0 Å². The molecule has 0 aliphatic rings. The van der Waals surface area contributed by atoms with Crippen LogP contribution >= 0.6 is 11.6 Å². The topological polar surface area (TPSA) is 61.6 Å². The third-order valence-electron chi connectivity index (χ3n) is 3.32. The summed E-state index contributed by atoms with van der Waals surface area (Å²) < 4.78 is 16.4. The Bertz CT molecular complexity index is 860. The zero-order chi connectivity index (χ0) is 16.9. The zero-order valence-corrected chi connectivity index (χ0v) is 13.6. The van der Waals surface area contributed by atoms with Gasteiger partial charge in [-0.25, -0.2) is 4.98 Å². The van der Waals surface area contributed by atoms with Gasteiger partial charge in [0, 0.05) is 16.1 Å². The summed E-state index contributed by atoms with van der Waals surface area (Å²) in [5.74, 6) is 1.47. The number of carbonyl (C=O) groups excluding carboxylic acids is 1. The fourth-order valence-corrected chi connectivity index (χ4v) is 2.35. The van der Waals surface area contributed by atoms with Crippen LogP contribution in [0.2, 0.25) is 5.02 Å². The fraction of sp³-hybridized carbons (Fsp3) is 0.111. The molecule has 5 nitrogen and oxygen atoms in total. The highest BCUT2D eigenvalue weighted by atomic mass is 35.5. The molecule has 3 rings (SSSR count). The van der Waals surface area contributed by atoms with E-state index < -0.39 is 0 Å². The summed E-state index contributed by atoms with van der Waals surface area (Å²) in [5.41, 5.74) is 1.91. The third-order valence-corrected chi connectivity index (χ3v) is 3.56. The van der Waals surface area contributed by atoms with E-state index in [1.807, 2.05) is 12.1 Å². The minimum Gasteiger partial charge on any atom is -0.493 e. The van der Waals surface area contributed by atoms with E-state index in [0.717, 1.165) is 11.8 Å². The van der Waals surface area contributed by atoms with E-state index >= 15 is 0 Å². The Morgan fingerprint density at radius 3 is 2.83 bits per heavy atom. The standard InChI is InChI=1S/C18H14ClNO4/c1-22-16-6-5-12(9-21)7-17(16)23-10-15-11-24-18(20-15)13-3-2-4-14(19)8-13/h2-9,11H,10H2,1H3. The van der Waals surface area contributed by atoms with Gasteiger partial charge in [-0.3, -0.25) is 4.79 Å². The molecule has 0 aliphatic heterocycles. The van der Waals surface area contributed by atoms with Gasteiger partial charge in [0.15, 0.2) is 11.5 Å². The van der Waals surface area contributed by atoms with Crippen LogP contribution in [0.25, 0.3) is 11.5 Å². The van der Waals surface area contributed by atoms with E-state index in [0.29, 0.717) is 33.7 Å². The van der Waals surface area contributed by atoms with Crippen LogP contribution in [0.3, 0.4) is 0 Å². The Morgan fingerprint density at radius 1 is 1.21 bits per heavy atom. The van der Waals surface area contributed by atoms with E-state index in [1.165, 1.54) is 13.4 Å². The van der Waals surface area contributed by atoms with Crippen molar-refractivity contribution in [3.05, 3.63) is 65.0 Å². The second-order valence-electron chi connectivity index (χ2n) is 4.97. The highest BCUT2D eigenvalue weighted by Crippen LogP contribution is 2.29. The first-order valence-corrected chi connectivity index (χ1v) is 7.54. The fourth-order valence-electron chi connectivity index (χ4n) is 2.16. The summed E-state index contributed by atoms with van der Waals surface area (Å²) in [5, 5.41) is 0.610. The van der Waals surface area contributed by atoms with Crippen molar-refractivity contribution in [2.24, 2.45) is 0 Å². The Balaban J connectivity index is 1.75. The number of hydrogen-bond acceptors (Lipinski definition) is 5. The van der Waals surface area contributed by atoms with Crippen molar-refractivity contribution in [3.63, 3.8) is 0 Å². The van der Waals surface area contributed by atoms with Crippen LogP contribution in [0.15, 0.2) is 53.1 Å². The normalized spacial score (nSPS) is 10.4. The van der Waals surface area contributed by atoms with Crippen molar-refractivity contribution in [1.29, 1.82) is 0 Å². The molecule has 2 aromatic carbocycles. The van der Waals surface area contributed by atoms with E-state index in [2.05, 4.69) is 4.98 Å². The molecule has 0 amide bonds. The maximum atomic E-state index is 10.9. The molecule has 6 heteroatoms. The molecule has 0 saturated heterocycles. The molecule has 1 heterocycles. The smallest absolute Gasteiger partial charge is 0.226 e. The van der Waals surface area contributed by atoms with Gasteiger partial charge in [0.25, 0.3) is 0 Å². The second kappa shape index (κ2) is 7.19. The lowest BCUT2D eigenvalue weighted by atomic mass is 10.2. The average Bonchev–Trinajstić information content (AvgIpc) is 3.08. The first kappa shape index (κ1) is 16.1. The Morgan fingerprint density at radius 2 is 2.08 bits per heavy atom. The van der Waals surface area contributed by atoms with Gasteiger partial charge in [-0.2, -0.15) is 0 Å². The largest absolute Gasteiger partial charge is 0.493 e. The van der Waals surface area contributed by atoms with Gasteiger partial charge in [0.05, 0.1) is 7.11 Å². The zero-order valence-electron chi connectivity index (χ0n) is 12.9. The Kier molecular flexibility index (Phi) is 4.82. The number of aromatic nitrogens is 1. The maximum Gasteiger partial charge on any atom is 0.226 e. The molecule has 0 atom stereocenters. The molecule has 0 radical (unpaired) electrons. The summed E-state index contributed by atoms with van der Waals surface area (Å²) in [6.45, 7) is 0.183. The molecule has 0 unspecified atom stereocenters. The monoisotopic (exact) mass is 343 g/mol. The molecule has 1 aromatic heterocycles. The molecule has 0 aliphatic carbocycles. The number of nitrogens with zero attached hydrogens (tertiary/aromatic N) is 1. The number of ether oxygens (including phenoxy) is 2. The summed E-state index contributed by atoms with van der Waals surface area (Å²) in [7, 11) is 1.54. The number of benzene rings is 2. The molecule has 24 heavy (non-hydrogen) atoms. The van der Waals surface area contributed by atoms with Crippen LogP contribution in [0, 0.1) is 0 Å². The first-order chi connectivity index (χ1) is 11.7. The minimum atomic E-state index is 0.183. The van der Waals surface area contributed by atoms with Gasteiger partial charge in [0.2, 0.25) is 5.89 Å². The number of carbonyl (C=O) groups is 1. The van der Waals surface area contributed by atoms with Crippen LogP contribution in [0.1, 0.15) is 16.1 Å². The Hall–Kier alpha value is -2.79. The number of halogens is 1. The van der Waals surface area contributed by atoms with Crippen molar-refractivity contribution in [1.82, 2.24) is 4.98 Å². The van der Waals surface area contributed by atoms with Crippen molar-refractivity contribution in [3.8, 4) is 23.0 Å². The van der Waals surface area contributed by atoms with Gasteiger partial charge in [0.1, 0.15) is 24.9 Å². The van der Waals surface area contributed by atoms with Crippen molar-refractivity contribution >= 4 is 17.9 Å². The van der Waals surface area contributed by atoms with Crippen LogP contribution < -0.4 is 9.47 Å². The summed E-state index contributed by atoms with van der Waals surface area (Å²) in [6.07, 6.45) is 2.27. The highest BCUT2D eigenvalue weighted by molar-refractivity contribution is 6.30. The van der Waals surface area contributed by atoms with Gasteiger partial charge < -0.3 is 13.9 Å². The van der Waals surface area contributed by atoms with Gasteiger partial charge in [-0.1, -0.05) is 17.7 Å². The van der Waals surface area contributed by atoms with Crippen molar-refractivity contribution in [2.45, 2.75) is 6.61 Å². The number of rotatable bonds is 6. The van der Waals surface area contributed by atoms with Crippen molar-refractivity contribution < 1.29 is 18.7 Å². The average molecular weight is 344 g/mol. The summed E-state index contributed by atoms with van der Waals surface area (Å²) in [4.78, 5) is 15.3. The lowest BCUT2D eigenvalue weighted by Crippen LogP contribution is -1.99. The van der Waals surface area contributed by atoms with E-state index in [-0.39, 0.29) is 6.61 Å². The quantitative estimate of drug-likeness (QED) is 0.621. The molecule has 0 saturated carbocycles. The van der Waals surface area contributed by atoms with E-state index in [4.69, 9.17) is 25.5 Å². The van der Waals surface area contributed by atoms with Crippen LogP contribution in [0.5, 0.6) is 11.5 Å². The molecular formula is C18H14ClNO4. The molecule has 0 N–H and O–H groups in total. The van der Waals surface area contributed by atoms with E-state index in [1.54, 1.807) is 30.3 Å². The maximum absolute atomic E-state index is 10.9. The molecule has 0 spiro atoms. The minimum absolute atomic E-state index is 0.183. The number of aldehydes is 1. The lowest BCUT2D eigenvalue weighted by molar-refractivity contribution is 0.112. The number of hydrogen-bond donors (Lipinski definition) is 0. The highest BCUT2D eigenvalue weighted by Gasteiger charge is 2.10. The van der Waals surface area contributed by atoms with Crippen LogP contribution in [-0.2, 0) is 6.61 Å². The molecule has 3 aromatic rings.